The molecule has 5 heteroatoms. The second-order valence-electron chi connectivity index (χ2n) is 3.48. The van der Waals surface area contributed by atoms with Crippen molar-refractivity contribution in [1.82, 2.24) is 0 Å². The van der Waals surface area contributed by atoms with Gasteiger partial charge in [-0.1, -0.05) is 27.5 Å². The lowest BCUT2D eigenvalue weighted by molar-refractivity contribution is 0.628. The maximum Gasteiger partial charge on any atom is 0.125 e. The van der Waals surface area contributed by atoms with Crippen LogP contribution in [0.1, 0.15) is 0 Å². The fourth-order valence-corrected chi connectivity index (χ4v) is 1.90. The molecule has 0 unspecified atom stereocenters. The summed E-state index contributed by atoms with van der Waals surface area (Å²) in [6.45, 7) is 0. The van der Waals surface area contributed by atoms with Crippen molar-refractivity contribution in [3.8, 4) is 0 Å². The summed E-state index contributed by atoms with van der Waals surface area (Å²) in [6.07, 6.45) is 0. The van der Waals surface area contributed by atoms with Crippen molar-refractivity contribution in [3.63, 3.8) is 0 Å². The minimum absolute atomic E-state index is 0.356. The number of nitrogens with two attached hydrogens (primary N) is 1. The van der Waals surface area contributed by atoms with Gasteiger partial charge in [-0.15, -0.1) is 0 Å². The van der Waals surface area contributed by atoms with E-state index in [-0.39, 0.29) is 5.82 Å². The number of anilines is 3. The van der Waals surface area contributed by atoms with Crippen molar-refractivity contribution in [2.24, 2.45) is 0 Å². The van der Waals surface area contributed by atoms with E-state index in [4.69, 9.17) is 17.3 Å². The molecule has 0 aromatic heterocycles. The summed E-state index contributed by atoms with van der Waals surface area (Å²) < 4.78 is 14.0. The van der Waals surface area contributed by atoms with Crippen molar-refractivity contribution in [2.75, 3.05) is 11.1 Å². The SMILES string of the molecule is Nc1ccc(Br)cc1Nc1cc(F)ccc1Cl. The first kappa shape index (κ1) is 12.2. The van der Waals surface area contributed by atoms with Crippen molar-refractivity contribution >= 4 is 44.6 Å². The molecule has 0 atom stereocenters. The van der Waals surface area contributed by atoms with Gasteiger partial charge in [-0.3, -0.25) is 0 Å². The highest BCUT2D eigenvalue weighted by Gasteiger charge is 2.05. The number of hydrogen-bond acceptors (Lipinski definition) is 2. The number of nitrogen functional groups attached to an aromatic ring is 1. The van der Waals surface area contributed by atoms with Crippen LogP contribution < -0.4 is 11.1 Å². The first-order valence-electron chi connectivity index (χ1n) is 4.83. The van der Waals surface area contributed by atoms with Gasteiger partial charge in [-0.25, -0.2) is 4.39 Å². The third kappa shape index (κ3) is 2.90. The average Bonchev–Trinajstić information content (AvgIpc) is 2.28. The molecule has 0 saturated heterocycles. The Morgan fingerprint density at radius 1 is 1.12 bits per heavy atom. The Morgan fingerprint density at radius 2 is 1.88 bits per heavy atom. The van der Waals surface area contributed by atoms with Gasteiger partial charge in [0.1, 0.15) is 5.82 Å². The van der Waals surface area contributed by atoms with E-state index < -0.39 is 0 Å². The van der Waals surface area contributed by atoms with E-state index in [0.717, 1.165) is 4.47 Å². The molecule has 0 aliphatic rings. The molecular formula is C12H9BrClFN2. The van der Waals surface area contributed by atoms with Crippen LogP contribution in [0, 0.1) is 5.82 Å². The lowest BCUT2D eigenvalue weighted by Crippen LogP contribution is -1.97. The van der Waals surface area contributed by atoms with Crippen molar-refractivity contribution in [3.05, 3.63) is 51.7 Å². The molecule has 0 spiro atoms. The van der Waals surface area contributed by atoms with Crippen LogP contribution >= 0.6 is 27.5 Å². The zero-order valence-electron chi connectivity index (χ0n) is 8.68. The highest BCUT2D eigenvalue weighted by molar-refractivity contribution is 9.10. The summed E-state index contributed by atoms with van der Waals surface area (Å²) >= 11 is 9.30. The predicted octanol–water partition coefficient (Wildman–Crippen LogP) is 4.57. The van der Waals surface area contributed by atoms with Crippen molar-refractivity contribution < 1.29 is 4.39 Å². The minimum atomic E-state index is -0.356. The summed E-state index contributed by atoms with van der Waals surface area (Å²) in [5, 5.41) is 3.43. The summed E-state index contributed by atoms with van der Waals surface area (Å²) in [7, 11) is 0. The van der Waals surface area contributed by atoms with Gasteiger partial charge in [0.2, 0.25) is 0 Å². The highest BCUT2D eigenvalue weighted by Crippen LogP contribution is 2.30. The monoisotopic (exact) mass is 314 g/mol. The maximum atomic E-state index is 13.1. The van der Waals surface area contributed by atoms with E-state index in [0.29, 0.717) is 22.1 Å². The molecule has 3 N–H and O–H groups in total. The van der Waals surface area contributed by atoms with Crippen molar-refractivity contribution in [2.45, 2.75) is 0 Å². The van der Waals surface area contributed by atoms with Gasteiger partial charge in [0.15, 0.2) is 0 Å². The van der Waals surface area contributed by atoms with Gasteiger partial charge in [-0.2, -0.15) is 0 Å². The fourth-order valence-electron chi connectivity index (χ4n) is 1.38. The summed E-state index contributed by atoms with van der Waals surface area (Å²) in [5.74, 6) is -0.356. The van der Waals surface area contributed by atoms with E-state index in [1.807, 2.05) is 6.07 Å². The number of hydrogen-bond donors (Lipinski definition) is 2. The van der Waals surface area contributed by atoms with Crippen LogP contribution in [0.15, 0.2) is 40.9 Å². The zero-order chi connectivity index (χ0) is 12.4. The Labute approximate surface area is 112 Å². The van der Waals surface area contributed by atoms with Crippen LogP contribution in [-0.2, 0) is 0 Å². The molecule has 17 heavy (non-hydrogen) atoms. The number of halogens is 3. The molecule has 2 nitrogen and oxygen atoms in total. The molecule has 0 aliphatic heterocycles. The average molecular weight is 316 g/mol. The quantitative estimate of drug-likeness (QED) is 0.797. The number of nitrogens with one attached hydrogen (secondary N) is 1. The summed E-state index contributed by atoms with van der Waals surface area (Å²) in [5.41, 5.74) is 7.52. The van der Waals surface area contributed by atoms with Gasteiger partial charge in [0.25, 0.3) is 0 Å². The third-order valence-corrected chi connectivity index (χ3v) is 3.04. The highest BCUT2D eigenvalue weighted by atomic mass is 79.9. The lowest BCUT2D eigenvalue weighted by atomic mass is 10.2. The van der Waals surface area contributed by atoms with E-state index in [1.54, 1.807) is 12.1 Å². The molecule has 0 amide bonds. The van der Waals surface area contributed by atoms with Crippen LogP contribution in [-0.4, -0.2) is 0 Å². The molecule has 0 fully saturated rings. The standard InChI is InChI=1S/C12H9BrClFN2/c13-7-1-4-10(16)12(5-7)17-11-6-8(15)2-3-9(11)14/h1-6,17H,16H2. The van der Waals surface area contributed by atoms with Gasteiger partial charge in [0, 0.05) is 4.47 Å². The first-order valence-corrected chi connectivity index (χ1v) is 6.00. The predicted molar refractivity (Wildman–Crippen MR) is 73.2 cm³/mol. The largest absolute Gasteiger partial charge is 0.397 e. The molecule has 0 bridgehead atoms. The maximum absolute atomic E-state index is 13.1. The second-order valence-corrected chi connectivity index (χ2v) is 4.80. The fraction of sp³-hybridized carbons (Fsp3) is 0. The van der Waals surface area contributed by atoms with E-state index in [2.05, 4.69) is 21.2 Å². The molecule has 0 saturated carbocycles. The van der Waals surface area contributed by atoms with Crippen LogP contribution in [0.4, 0.5) is 21.5 Å². The Morgan fingerprint density at radius 3 is 2.65 bits per heavy atom. The Hall–Kier alpha value is -1.26. The topological polar surface area (TPSA) is 38.0 Å². The summed E-state index contributed by atoms with van der Waals surface area (Å²) in [4.78, 5) is 0. The van der Waals surface area contributed by atoms with Gasteiger partial charge < -0.3 is 11.1 Å². The molecule has 2 aromatic rings. The Balaban J connectivity index is 2.37. The summed E-state index contributed by atoms with van der Waals surface area (Å²) in [6, 6.07) is 9.50. The molecule has 0 heterocycles. The van der Waals surface area contributed by atoms with Crippen molar-refractivity contribution in [1.29, 1.82) is 0 Å². The molecule has 0 aliphatic carbocycles. The van der Waals surface area contributed by atoms with Gasteiger partial charge in [-0.05, 0) is 36.4 Å². The van der Waals surface area contributed by atoms with E-state index >= 15 is 0 Å². The zero-order valence-corrected chi connectivity index (χ0v) is 11.0. The lowest BCUT2D eigenvalue weighted by Gasteiger charge is -2.11. The van der Waals surface area contributed by atoms with Crippen LogP contribution in [0.25, 0.3) is 0 Å². The molecule has 2 rings (SSSR count). The number of benzene rings is 2. The molecule has 0 radical (unpaired) electrons. The normalized spacial score (nSPS) is 10.3. The molecule has 88 valence electrons. The Bertz CT molecular complexity index is 511. The first-order chi connectivity index (χ1) is 8.06. The van der Waals surface area contributed by atoms with Crippen LogP contribution in [0.3, 0.4) is 0 Å². The molecule has 2 aromatic carbocycles. The van der Waals surface area contributed by atoms with Gasteiger partial charge in [0.05, 0.1) is 22.1 Å². The second kappa shape index (κ2) is 4.94. The van der Waals surface area contributed by atoms with E-state index in [9.17, 15) is 4.39 Å². The Kier molecular flexibility index (Phi) is 3.54. The van der Waals surface area contributed by atoms with E-state index in [1.165, 1.54) is 18.2 Å². The molecular weight excluding hydrogens is 307 g/mol. The number of rotatable bonds is 2. The smallest absolute Gasteiger partial charge is 0.125 e. The van der Waals surface area contributed by atoms with Gasteiger partial charge >= 0.3 is 0 Å². The van der Waals surface area contributed by atoms with Crippen LogP contribution in [0.5, 0.6) is 0 Å². The third-order valence-electron chi connectivity index (χ3n) is 2.21. The van der Waals surface area contributed by atoms with Crippen LogP contribution in [0.2, 0.25) is 5.02 Å². The minimum Gasteiger partial charge on any atom is -0.397 e.